The van der Waals surface area contributed by atoms with Crippen LogP contribution in [0.2, 0.25) is 0 Å². The molecule has 0 aliphatic heterocycles. The molecule has 2 aromatic rings. The summed E-state index contributed by atoms with van der Waals surface area (Å²) in [5, 5.41) is 5.49. The molecule has 1 aromatic carbocycles. The summed E-state index contributed by atoms with van der Waals surface area (Å²) in [6, 6.07) is 9.96. The van der Waals surface area contributed by atoms with Crippen LogP contribution in [0, 0.1) is 13.8 Å². The lowest BCUT2D eigenvalue weighted by Gasteiger charge is -2.24. The van der Waals surface area contributed by atoms with Crippen LogP contribution in [0.4, 0.5) is 0 Å². The van der Waals surface area contributed by atoms with Gasteiger partial charge in [0.25, 0.3) is 0 Å². The Morgan fingerprint density at radius 2 is 1.80 bits per heavy atom. The number of hydrogen-bond donors (Lipinski definition) is 0. The first-order valence-electron chi connectivity index (χ1n) is 6.81. The van der Waals surface area contributed by atoms with Gasteiger partial charge < -0.3 is 4.57 Å². The Morgan fingerprint density at radius 3 is 2.30 bits per heavy atom. The highest BCUT2D eigenvalue weighted by Gasteiger charge is 2.32. The van der Waals surface area contributed by atoms with Gasteiger partial charge in [0.2, 0.25) is 0 Å². The third-order valence-corrected chi connectivity index (χ3v) is 7.17. The van der Waals surface area contributed by atoms with Gasteiger partial charge in [-0.15, -0.1) is 0 Å². The third-order valence-electron chi connectivity index (χ3n) is 3.68. The average molecular weight is 291 g/mol. The smallest absolute Gasteiger partial charge is 0.181 e. The van der Waals surface area contributed by atoms with Crippen molar-refractivity contribution in [2.75, 3.05) is 20.3 Å². The minimum absolute atomic E-state index is 0.613. The van der Waals surface area contributed by atoms with Crippen molar-refractivity contribution in [3.8, 4) is 5.69 Å². The van der Waals surface area contributed by atoms with Gasteiger partial charge in [0.05, 0.1) is 22.4 Å². The van der Waals surface area contributed by atoms with Gasteiger partial charge >= 0.3 is 0 Å². The van der Waals surface area contributed by atoms with Crippen LogP contribution in [0.15, 0.2) is 30.3 Å². The molecule has 2 rings (SSSR count). The maximum absolute atomic E-state index is 13.2. The largest absolute Gasteiger partial charge is 0.301 e. The van der Waals surface area contributed by atoms with Gasteiger partial charge in [0, 0.05) is 6.16 Å². The summed E-state index contributed by atoms with van der Waals surface area (Å²) in [7, 11) is 1.21. The summed E-state index contributed by atoms with van der Waals surface area (Å²) in [6.07, 6.45) is 0.613. The van der Waals surface area contributed by atoms with Gasteiger partial charge in [-0.25, -0.2) is 4.68 Å². The number of aryl methyl sites for hydroxylation is 1. The van der Waals surface area contributed by atoms with Crippen LogP contribution in [0.5, 0.6) is 0 Å². The molecule has 1 atom stereocenters. The highest BCUT2D eigenvalue weighted by atomic mass is 31.2. The summed E-state index contributed by atoms with van der Waals surface area (Å²) >= 11 is 0. The van der Waals surface area contributed by atoms with Crippen molar-refractivity contribution in [2.24, 2.45) is 0 Å². The van der Waals surface area contributed by atoms with E-state index in [1.807, 2.05) is 74.6 Å². The Hall–Kier alpha value is -1.38. The Morgan fingerprint density at radius 1 is 1.20 bits per heavy atom. The predicted octanol–water partition coefficient (Wildman–Crippen LogP) is 2.97. The maximum Gasteiger partial charge on any atom is 0.181 e. The van der Waals surface area contributed by atoms with Crippen LogP contribution in [-0.4, -0.2) is 34.7 Å². The second-order valence-electron chi connectivity index (χ2n) is 5.13. The molecular formula is C15H22N3OP. The van der Waals surface area contributed by atoms with E-state index in [0.29, 0.717) is 6.16 Å². The summed E-state index contributed by atoms with van der Waals surface area (Å²) in [5.41, 5.74) is 2.82. The number of para-hydroxylation sites is 1. The molecule has 1 unspecified atom stereocenters. The Labute approximate surface area is 120 Å². The van der Waals surface area contributed by atoms with Crippen molar-refractivity contribution in [3.63, 3.8) is 0 Å². The van der Waals surface area contributed by atoms with E-state index in [1.165, 1.54) is 0 Å². The first-order valence-corrected chi connectivity index (χ1v) is 8.65. The van der Waals surface area contributed by atoms with Gasteiger partial charge in [-0.05, 0) is 40.1 Å². The summed E-state index contributed by atoms with van der Waals surface area (Å²) in [4.78, 5) is 0. The fraction of sp³-hybridized carbons (Fsp3) is 0.400. The minimum atomic E-state index is -2.55. The predicted molar refractivity (Wildman–Crippen MR) is 84.5 cm³/mol. The number of aromatic nitrogens is 2. The van der Waals surface area contributed by atoms with Crippen molar-refractivity contribution in [2.45, 2.75) is 20.8 Å². The molecule has 1 heterocycles. The summed E-state index contributed by atoms with van der Waals surface area (Å²) < 4.78 is 17.0. The highest BCUT2D eigenvalue weighted by Crippen LogP contribution is 2.47. The molecule has 0 spiro atoms. The van der Waals surface area contributed by atoms with E-state index in [-0.39, 0.29) is 0 Å². The molecule has 5 heteroatoms. The molecule has 0 N–H and O–H groups in total. The summed E-state index contributed by atoms with van der Waals surface area (Å²) in [5.74, 6) is 0. The fourth-order valence-corrected chi connectivity index (χ4v) is 5.03. The topological polar surface area (TPSA) is 38.1 Å². The first kappa shape index (κ1) is 15.0. The standard InChI is InChI=1S/C15H22N3OP/c1-6-20(19,17(4)5)15-12(2)16-18(13(15)3)14-10-8-7-9-11-14/h7-11H,6H2,1-5H3. The monoisotopic (exact) mass is 291 g/mol. The molecule has 4 nitrogen and oxygen atoms in total. The van der Waals surface area contributed by atoms with Crippen LogP contribution < -0.4 is 5.30 Å². The summed E-state index contributed by atoms with van der Waals surface area (Å²) in [6.45, 7) is 5.90. The molecule has 0 fully saturated rings. The lowest BCUT2D eigenvalue weighted by molar-refractivity contribution is 0.525. The van der Waals surface area contributed by atoms with Gasteiger partial charge in [0.1, 0.15) is 0 Å². The molecule has 0 bridgehead atoms. The maximum atomic E-state index is 13.2. The van der Waals surface area contributed by atoms with E-state index >= 15 is 0 Å². The molecule has 0 saturated carbocycles. The Kier molecular flexibility index (Phi) is 4.17. The van der Waals surface area contributed by atoms with Crippen molar-refractivity contribution < 1.29 is 4.57 Å². The van der Waals surface area contributed by atoms with Crippen LogP contribution in [0.3, 0.4) is 0 Å². The second kappa shape index (κ2) is 5.55. The third kappa shape index (κ3) is 2.34. The van der Waals surface area contributed by atoms with Crippen molar-refractivity contribution in [1.82, 2.24) is 14.5 Å². The zero-order chi connectivity index (χ0) is 14.9. The zero-order valence-corrected chi connectivity index (χ0v) is 13.7. The number of rotatable bonds is 4. The number of hydrogen-bond acceptors (Lipinski definition) is 2. The van der Waals surface area contributed by atoms with Crippen molar-refractivity contribution in [1.29, 1.82) is 0 Å². The van der Waals surface area contributed by atoms with Gasteiger partial charge in [-0.2, -0.15) is 5.10 Å². The SMILES string of the molecule is CCP(=O)(c1c(C)nn(-c2ccccc2)c1C)N(C)C. The molecule has 0 amide bonds. The fourth-order valence-electron chi connectivity index (χ4n) is 2.60. The molecular weight excluding hydrogens is 269 g/mol. The first-order chi connectivity index (χ1) is 9.41. The molecule has 0 radical (unpaired) electrons. The van der Waals surface area contributed by atoms with Crippen molar-refractivity contribution in [3.05, 3.63) is 41.7 Å². The van der Waals surface area contributed by atoms with Gasteiger partial charge in [0.15, 0.2) is 7.29 Å². The zero-order valence-electron chi connectivity index (χ0n) is 12.8. The molecule has 0 saturated heterocycles. The normalized spacial score (nSPS) is 14.5. The molecule has 108 valence electrons. The van der Waals surface area contributed by atoms with E-state index in [2.05, 4.69) is 5.10 Å². The van der Waals surface area contributed by atoms with Crippen LogP contribution in [0.1, 0.15) is 18.3 Å². The van der Waals surface area contributed by atoms with E-state index in [1.54, 1.807) is 0 Å². The highest BCUT2D eigenvalue weighted by molar-refractivity contribution is 7.69. The molecule has 20 heavy (non-hydrogen) atoms. The number of nitrogens with zero attached hydrogens (tertiary/aromatic N) is 3. The van der Waals surface area contributed by atoms with Crippen molar-refractivity contribution >= 4 is 12.6 Å². The average Bonchev–Trinajstić information content (AvgIpc) is 2.74. The van der Waals surface area contributed by atoms with Gasteiger partial charge in [-0.3, -0.25) is 4.67 Å². The Bertz CT molecular complexity index is 647. The quantitative estimate of drug-likeness (QED) is 0.813. The van der Waals surface area contributed by atoms with E-state index < -0.39 is 7.29 Å². The Balaban J connectivity index is 2.64. The lowest BCUT2D eigenvalue weighted by Crippen LogP contribution is -2.23. The van der Waals surface area contributed by atoms with E-state index in [0.717, 1.165) is 22.4 Å². The van der Waals surface area contributed by atoms with E-state index in [9.17, 15) is 4.57 Å². The molecule has 1 aromatic heterocycles. The lowest BCUT2D eigenvalue weighted by atomic mass is 10.3. The molecule has 0 aliphatic rings. The number of benzene rings is 1. The van der Waals surface area contributed by atoms with E-state index in [4.69, 9.17) is 0 Å². The van der Waals surface area contributed by atoms with Gasteiger partial charge in [-0.1, -0.05) is 25.1 Å². The minimum Gasteiger partial charge on any atom is -0.301 e. The van der Waals surface area contributed by atoms with Crippen LogP contribution >= 0.6 is 7.29 Å². The molecule has 0 aliphatic carbocycles. The van der Waals surface area contributed by atoms with Crippen LogP contribution in [0.25, 0.3) is 5.69 Å². The van der Waals surface area contributed by atoms with Crippen LogP contribution in [-0.2, 0) is 4.57 Å². The second-order valence-corrected chi connectivity index (χ2v) is 8.41.